The van der Waals surface area contributed by atoms with Crippen LogP contribution in [0.1, 0.15) is 49.8 Å². The molecule has 2 aromatic carbocycles. The number of hydrogen-bond donors (Lipinski definition) is 0. The van der Waals surface area contributed by atoms with E-state index in [9.17, 15) is 14.0 Å². The van der Waals surface area contributed by atoms with E-state index in [4.69, 9.17) is 11.6 Å². The van der Waals surface area contributed by atoms with Crippen LogP contribution in [0.4, 0.5) is 14.9 Å². The second-order valence-electron chi connectivity index (χ2n) is 8.80. The molecule has 0 N–H and O–H groups in total. The quantitative estimate of drug-likeness (QED) is 0.496. The summed E-state index contributed by atoms with van der Waals surface area (Å²) in [5.41, 5.74) is 3.72. The Morgan fingerprint density at radius 3 is 2.58 bits per heavy atom. The summed E-state index contributed by atoms with van der Waals surface area (Å²) >= 11 is 7.49. The van der Waals surface area contributed by atoms with E-state index in [0.717, 1.165) is 29.4 Å². The molecule has 2 aliphatic rings. The third-order valence-corrected chi connectivity index (χ3v) is 7.40. The van der Waals surface area contributed by atoms with Crippen LogP contribution in [-0.4, -0.2) is 28.6 Å². The topological polar surface area (TPSA) is 40.6 Å². The van der Waals surface area contributed by atoms with Gasteiger partial charge in [0.2, 0.25) is 0 Å². The van der Waals surface area contributed by atoms with Gasteiger partial charge in [0.1, 0.15) is 5.82 Å². The number of imide groups is 1. The third kappa shape index (κ3) is 4.11. The Labute approximate surface area is 191 Å². The van der Waals surface area contributed by atoms with Gasteiger partial charge in [-0.2, -0.15) is 0 Å². The highest BCUT2D eigenvalue weighted by atomic mass is 35.5. The SMILES string of the molecule is CC1CC(C)(C)N(C)c2cc(Cl)c(/C=C3/SC(=O)N(Cc4ccc(F)cc4)C3=O)cc21. The predicted octanol–water partition coefficient (Wildman–Crippen LogP) is 6.44. The first-order chi connectivity index (χ1) is 14.6. The normalized spacial score (nSPS) is 21.7. The fraction of sp³-hybridized carbons (Fsp3) is 0.333. The number of hydrogen-bond acceptors (Lipinski definition) is 4. The van der Waals surface area contributed by atoms with Gasteiger partial charge < -0.3 is 4.90 Å². The molecule has 0 aromatic heterocycles. The molecule has 1 saturated heterocycles. The zero-order chi connectivity index (χ0) is 22.5. The molecule has 31 heavy (non-hydrogen) atoms. The molecule has 2 aromatic rings. The lowest BCUT2D eigenvalue weighted by atomic mass is 9.80. The maximum atomic E-state index is 13.1. The molecule has 2 amide bonds. The average molecular weight is 459 g/mol. The van der Waals surface area contributed by atoms with Gasteiger partial charge in [-0.1, -0.05) is 30.7 Å². The number of fused-ring (bicyclic) bond motifs is 1. The molecule has 1 atom stereocenters. The van der Waals surface area contributed by atoms with Crippen molar-refractivity contribution in [2.45, 2.75) is 45.2 Å². The molecule has 0 spiro atoms. The van der Waals surface area contributed by atoms with Crippen molar-refractivity contribution in [2.24, 2.45) is 0 Å². The molecule has 1 unspecified atom stereocenters. The first kappa shape index (κ1) is 21.9. The van der Waals surface area contributed by atoms with E-state index in [0.29, 0.717) is 21.4 Å². The molecule has 7 heteroatoms. The number of carbonyl (C=O) groups is 2. The molecule has 0 aliphatic carbocycles. The van der Waals surface area contributed by atoms with Crippen molar-refractivity contribution in [3.63, 3.8) is 0 Å². The number of rotatable bonds is 3. The van der Waals surface area contributed by atoms with Crippen molar-refractivity contribution in [2.75, 3.05) is 11.9 Å². The van der Waals surface area contributed by atoms with Crippen LogP contribution in [-0.2, 0) is 11.3 Å². The lowest BCUT2D eigenvalue weighted by Gasteiger charge is -2.45. The molecule has 1 fully saturated rings. The second kappa shape index (κ2) is 7.99. The van der Waals surface area contributed by atoms with E-state index in [1.165, 1.54) is 22.6 Å². The lowest BCUT2D eigenvalue weighted by Crippen LogP contribution is -2.45. The van der Waals surface area contributed by atoms with Crippen LogP contribution < -0.4 is 4.90 Å². The van der Waals surface area contributed by atoms with Crippen molar-refractivity contribution in [3.05, 3.63) is 68.8 Å². The molecule has 162 valence electrons. The average Bonchev–Trinajstić information content (AvgIpc) is 2.96. The molecule has 2 aliphatic heterocycles. The minimum atomic E-state index is -0.362. The van der Waals surface area contributed by atoms with Crippen molar-refractivity contribution < 1.29 is 14.0 Å². The zero-order valence-corrected chi connectivity index (χ0v) is 19.5. The molecule has 0 radical (unpaired) electrons. The highest BCUT2D eigenvalue weighted by Crippen LogP contribution is 2.45. The van der Waals surface area contributed by atoms with Gasteiger partial charge in [0, 0.05) is 23.3 Å². The fourth-order valence-corrected chi connectivity index (χ4v) is 5.31. The molecular weight excluding hydrogens is 435 g/mol. The first-order valence-electron chi connectivity index (χ1n) is 10.1. The summed E-state index contributed by atoms with van der Waals surface area (Å²) in [5.74, 6) is -0.373. The van der Waals surface area contributed by atoms with Gasteiger partial charge in [-0.25, -0.2) is 4.39 Å². The number of halogens is 2. The number of amides is 2. The number of benzene rings is 2. The van der Waals surface area contributed by atoms with Gasteiger partial charge in [0.25, 0.3) is 11.1 Å². The monoisotopic (exact) mass is 458 g/mol. The molecular formula is C24H24ClFN2O2S. The van der Waals surface area contributed by atoms with Crippen molar-refractivity contribution in [1.82, 2.24) is 4.90 Å². The van der Waals surface area contributed by atoms with E-state index < -0.39 is 0 Å². The Hall–Kier alpha value is -2.31. The van der Waals surface area contributed by atoms with E-state index >= 15 is 0 Å². The van der Waals surface area contributed by atoms with Crippen LogP contribution in [0.15, 0.2) is 41.3 Å². The summed E-state index contributed by atoms with van der Waals surface area (Å²) in [6.07, 6.45) is 2.70. The van der Waals surface area contributed by atoms with Gasteiger partial charge >= 0.3 is 0 Å². The van der Waals surface area contributed by atoms with E-state index in [1.54, 1.807) is 18.2 Å². The zero-order valence-electron chi connectivity index (χ0n) is 17.9. The number of carbonyl (C=O) groups excluding carboxylic acids is 2. The Morgan fingerprint density at radius 2 is 1.90 bits per heavy atom. The minimum absolute atomic E-state index is 0.0280. The molecule has 0 bridgehead atoms. The molecule has 4 rings (SSSR count). The van der Waals surface area contributed by atoms with E-state index in [2.05, 4.69) is 32.7 Å². The molecule has 2 heterocycles. The minimum Gasteiger partial charge on any atom is -0.369 e. The van der Waals surface area contributed by atoms with Crippen LogP contribution in [0, 0.1) is 5.82 Å². The van der Waals surface area contributed by atoms with E-state index in [-0.39, 0.29) is 29.0 Å². The highest BCUT2D eigenvalue weighted by molar-refractivity contribution is 8.18. The summed E-state index contributed by atoms with van der Waals surface area (Å²) in [5, 5.41) is 0.199. The van der Waals surface area contributed by atoms with Crippen LogP contribution in [0.25, 0.3) is 6.08 Å². The standard InChI is InChI=1S/C24H24ClFN2O2S/c1-14-12-24(2,3)27(4)20-11-19(25)16(9-18(14)20)10-21-22(29)28(23(30)31-21)13-15-5-7-17(26)8-6-15/h5-11,14H,12-13H2,1-4H3/b21-10+. The second-order valence-corrected chi connectivity index (χ2v) is 10.2. The number of anilines is 1. The van der Waals surface area contributed by atoms with Gasteiger partial charge in [-0.15, -0.1) is 0 Å². The smallest absolute Gasteiger partial charge is 0.293 e. The van der Waals surface area contributed by atoms with Gasteiger partial charge in [0.15, 0.2) is 0 Å². The van der Waals surface area contributed by atoms with Crippen LogP contribution in [0.3, 0.4) is 0 Å². The van der Waals surface area contributed by atoms with Crippen LogP contribution in [0.5, 0.6) is 0 Å². The maximum Gasteiger partial charge on any atom is 0.293 e. The van der Waals surface area contributed by atoms with Crippen LogP contribution >= 0.6 is 23.4 Å². The summed E-state index contributed by atoms with van der Waals surface area (Å²) in [6, 6.07) is 9.75. The summed E-state index contributed by atoms with van der Waals surface area (Å²) in [6.45, 7) is 6.73. The Morgan fingerprint density at radius 1 is 1.23 bits per heavy atom. The molecule has 0 saturated carbocycles. The number of nitrogens with zero attached hydrogens (tertiary/aromatic N) is 2. The first-order valence-corrected chi connectivity index (χ1v) is 11.3. The van der Waals surface area contributed by atoms with Gasteiger partial charge in [-0.3, -0.25) is 14.5 Å². The largest absolute Gasteiger partial charge is 0.369 e. The highest BCUT2D eigenvalue weighted by Gasteiger charge is 2.37. The van der Waals surface area contributed by atoms with Gasteiger partial charge in [-0.05, 0) is 85.0 Å². The lowest BCUT2D eigenvalue weighted by molar-refractivity contribution is -0.123. The third-order valence-electron chi connectivity index (χ3n) is 6.17. The predicted molar refractivity (Wildman–Crippen MR) is 125 cm³/mol. The van der Waals surface area contributed by atoms with Crippen molar-refractivity contribution >= 4 is 46.3 Å². The van der Waals surface area contributed by atoms with E-state index in [1.807, 2.05) is 12.1 Å². The van der Waals surface area contributed by atoms with Crippen molar-refractivity contribution in [3.8, 4) is 0 Å². The maximum absolute atomic E-state index is 13.1. The van der Waals surface area contributed by atoms with Crippen LogP contribution in [0.2, 0.25) is 5.02 Å². The summed E-state index contributed by atoms with van der Waals surface area (Å²) in [4.78, 5) is 29.1. The Bertz CT molecular complexity index is 1100. The summed E-state index contributed by atoms with van der Waals surface area (Å²) < 4.78 is 13.1. The Balaban J connectivity index is 1.63. The number of thioether (sulfide) groups is 1. The fourth-order valence-electron chi connectivity index (χ4n) is 4.27. The van der Waals surface area contributed by atoms with Crippen molar-refractivity contribution in [1.29, 1.82) is 0 Å². The van der Waals surface area contributed by atoms with Gasteiger partial charge in [0.05, 0.1) is 11.4 Å². The molecule has 4 nitrogen and oxygen atoms in total. The summed E-state index contributed by atoms with van der Waals surface area (Å²) in [7, 11) is 2.07. The Kier molecular flexibility index (Phi) is 5.64.